The standard InChI is InChI=1S/C21H22N4O2S/c1-16(26)17-4-6-19(7-5-17)23-10-12-24(13-11-23)20(27)14-18-15-28-21(22-18)25-8-2-3-9-25/h2-9,15H,10-14H2,1H3. The van der Waals surface area contributed by atoms with Crippen LogP contribution < -0.4 is 4.90 Å². The number of hydrogen-bond acceptors (Lipinski definition) is 5. The second-order valence-electron chi connectivity index (χ2n) is 6.86. The molecule has 0 atom stereocenters. The number of rotatable bonds is 5. The fourth-order valence-corrected chi connectivity index (χ4v) is 4.14. The Morgan fingerprint density at radius 2 is 1.71 bits per heavy atom. The number of carbonyl (C=O) groups excluding carboxylic acids is 2. The number of carbonyl (C=O) groups is 2. The van der Waals surface area contributed by atoms with E-state index in [0.29, 0.717) is 19.5 Å². The average molecular weight is 395 g/mol. The second-order valence-corrected chi connectivity index (χ2v) is 7.70. The van der Waals surface area contributed by atoms with Crippen LogP contribution in [-0.2, 0) is 11.2 Å². The monoisotopic (exact) mass is 394 g/mol. The zero-order chi connectivity index (χ0) is 19.5. The highest BCUT2D eigenvalue weighted by molar-refractivity contribution is 7.12. The zero-order valence-corrected chi connectivity index (χ0v) is 16.6. The maximum atomic E-state index is 12.7. The van der Waals surface area contributed by atoms with Crippen molar-refractivity contribution in [1.29, 1.82) is 0 Å². The molecule has 6 nitrogen and oxygen atoms in total. The minimum atomic E-state index is 0.0731. The molecule has 144 valence electrons. The van der Waals surface area contributed by atoms with Crippen LogP contribution in [0, 0.1) is 0 Å². The predicted octanol–water partition coefficient (Wildman–Crippen LogP) is 3.03. The number of anilines is 1. The summed E-state index contributed by atoms with van der Waals surface area (Å²) in [4.78, 5) is 32.8. The number of piperazine rings is 1. The first-order chi connectivity index (χ1) is 13.6. The minimum absolute atomic E-state index is 0.0731. The van der Waals surface area contributed by atoms with Crippen LogP contribution in [0.25, 0.3) is 5.13 Å². The molecule has 3 heterocycles. The van der Waals surface area contributed by atoms with Crippen LogP contribution in [-0.4, -0.2) is 52.3 Å². The van der Waals surface area contributed by atoms with E-state index in [1.165, 1.54) is 0 Å². The van der Waals surface area contributed by atoms with Crippen molar-refractivity contribution in [1.82, 2.24) is 14.5 Å². The Balaban J connectivity index is 1.32. The van der Waals surface area contributed by atoms with Gasteiger partial charge in [0.05, 0.1) is 12.1 Å². The maximum absolute atomic E-state index is 12.7. The van der Waals surface area contributed by atoms with Crippen molar-refractivity contribution in [3.8, 4) is 5.13 Å². The van der Waals surface area contributed by atoms with Crippen LogP contribution in [0.1, 0.15) is 23.0 Å². The van der Waals surface area contributed by atoms with Crippen molar-refractivity contribution in [3.63, 3.8) is 0 Å². The van der Waals surface area contributed by atoms with E-state index in [1.54, 1.807) is 18.3 Å². The Morgan fingerprint density at radius 3 is 2.36 bits per heavy atom. The molecule has 7 heteroatoms. The molecule has 1 fully saturated rings. The normalized spacial score (nSPS) is 14.3. The average Bonchev–Trinajstić information content (AvgIpc) is 3.40. The summed E-state index contributed by atoms with van der Waals surface area (Å²) in [5, 5.41) is 2.84. The first-order valence-electron chi connectivity index (χ1n) is 9.31. The molecule has 4 rings (SSSR count). The number of thiazole rings is 1. The first kappa shape index (κ1) is 18.4. The Morgan fingerprint density at radius 1 is 1.04 bits per heavy atom. The molecule has 3 aromatic rings. The van der Waals surface area contributed by atoms with Crippen LogP contribution in [0.3, 0.4) is 0 Å². The molecule has 0 unspecified atom stereocenters. The molecule has 1 aromatic carbocycles. The Kier molecular flexibility index (Phi) is 5.25. The lowest BCUT2D eigenvalue weighted by atomic mass is 10.1. The lowest BCUT2D eigenvalue weighted by Gasteiger charge is -2.36. The van der Waals surface area contributed by atoms with Gasteiger partial charge >= 0.3 is 0 Å². The van der Waals surface area contributed by atoms with Gasteiger partial charge in [0.1, 0.15) is 0 Å². The van der Waals surface area contributed by atoms with Gasteiger partial charge in [-0.15, -0.1) is 11.3 Å². The van der Waals surface area contributed by atoms with E-state index in [4.69, 9.17) is 0 Å². The number of benzene rings is 1. The summed E-state index contributed by atoms with van der Waals surface area (Å²) in [6.07, 6.45) is 4.24. The molecular weight excluding hydrogens is 372 g/mol. The van der Waals surface area contributed by atoms with E-state index in [-0.39, 0.29) is 11.7 Å². The molecule has 1 aliphatic rings. The van der Waals surface area contributed by atoms with Gasteiger partial charge in [-0.25, -0.2) is 4.98 Å². The minimum Gasteiger partial charge on any atom is -0.368 e. The molecule has 0 bridgehead atoms. The van der Waals surface area contributed by atoms with Crippen LogP contribution >= 0.6 is 11.3 Å². The van der Waals surface area contributed by atoms with Gasteiger partial charge in [-0.3, -0.25) is 9.59 Å². The third-order valence-corrected chi connectivity index (χ3v) is 5.87. The van der Waals surface area contributed by atoms with Crippen LogP contribution in [0.15, 0.2) is 54.2 Å². The van der Waals surface area contributed by atoms with Crippen molar-refractivity contribution in [2.24, 2.45) is 0 Å². The van der Waals surface area contributed by atoms with E-state index in [1.807, 2.05) is 63.6 Å². The number of hydrogen-bond donors (Lipinski definition) is 0. The highest BCUT2D eigenvalue weighted by atomic mass is 32.1. The molecule has 2 aromatic heterocycles. The van der Waals surface area contributed by atoms with Gasteiger partial charge in [0, 0.05) is 55.2 Å². The number of nitrogens with zero attached hydrogens (tertiary/aromatic N) is 4. The fraction of sp³-hybridized carbons (Fsp3) is 0.286. The van der Waals surface area contributed by atoms with Gasteiger partial charge in [-0.1, -0.05) is 0 Å². The molecule has 0 radical (unpaired) electrons. The van der Waals surface area contributed by atoms with Gasteiger partial charge < -0.3 is 14.4 Å². The number of aromatic nitrogens is 2. The topological polar surface area (TPSA) is 58.4 Å². The van der Waals surface area contributed by atoms with E-state index >= 15 is 0 Å². The Labute approximate surface area is 168 Å². The number of Topliss-reactive ketones (excluding diaryl/α,β-unsaturated/α-hetero) is 1. The molecule has 0 spiro atoms. The maximum Gasteiger partial charge on any atom is 0.228 e. The van der Waals surface area contributed by atoms with Gasteiger partial charge in [0.25, 0.3) is 0 Å². The van der Waals surface area contributed by atoms with E-state index in [9.17, 15) is 9.59 Å². The molecule has 0 aliphatic carbocycles. The molecule has 1 saturated heterocycles. The smallest absolute Gasteiger partial charge is 0.228 e. The Bertz CT molecular complexity index is 955. The molecule has 1 aliphatic heterocycles. The van der Waals surface area contributed by atoms with Gasteiger partial charge in [0.2, 0.25) is 5.91 Å². The van der Waals surface area contributed by atoms with Gasteiger partial charge in [-0.05, 0) is 43.3 Å². The molecule has 0 N–H and O–H groups in total. The lowest BCUT2D eigenvalue weighted by Crippen LogP contribution is -2.49. The summed E-state index contributed by atoms with van der Waals surface area (Å²) in [5.74, 6) is 0.194. The first-order valence-corrected chi connectivity index (χ1v) is 10.2. The number of ketones is 1. The Hall–Kier alpha value is -2.93. The highest BCUT2D eigenvalue weighted by Gasteiger charge is 2.22. The zero-order valence-electron chi connectivity index (χ0n) is 15.7. The molecule has 0 saturated carbocycles. The molecule has 28 heavy (non-hydrogen) atoms. The van der Waals surface area contributed by atoms with Crippen molar-refractivity contribution in [2.45, 2.75) is 13.3 Å². The van der Waals surface area contributed by atoms with Crippen LogP contribution in [0.5, 0.6) is 0 Å². The number of amides is 1. The summed E-state index contributed by atoms with van der Waals surface area (Å²) >= 11 is 1.55. The van der Waals surface area contributed by atoms with Crippen LogP contribution in [0.2, 0.25) is 0 Å². The second kappa shape index (κ2) is 7.98. The van der Waals surface area contributed by atoms with Crippen molar-refractivity contribution in [3.05, 3.63) is 65.4 Å². The SMILES string of the molecule is CC(=O)c1ccc(N2CCN(C(=O)Cc3csc(-n4cccc4)n3)CC2)cc1. The van der Waals surface area contributed by atoms with Crippen LogP contribution in [0.4, 0.5) is 5.69 Å². The van der Waals surface area contributed by atoms with Crippen molar-refractivity contribution in [2.75, 3.05) is 31.1 Å². The van der Waals surface area contributed by atoms with E-state index in [0.717, 1.165) is 35.2 Å². The van der Waals surface area contributed by atoms with Gasteiger partial charge in [-0.2, -0.15) is 0 Å². The molecular formula is C21H22N4O2S. The largest absolute Gasteiger partial charge is 0.368 e. The highest BCUT2D eigenvalue weighted by Crippen LogP contribution is 2.19. The van der Waals surface area contributed by atoms with E-state index in [2.05, 4.69) is 9.88 Å². The van der Waals surface area contributed by atoms with Crippen molar-refractivity contribution >= 4 is 28.7 Å². The predicted molar refractivity (Wildman–Crippen MR) is 110 cm³/mol. The summed E-state index contributed by atoms with van der Waals surface area (Å²) in [5.41, 5.74) is 2.63. The fourth-order valence-electron chi connectivity index (χ4n) is 3.35. The van der Waals surface area contributed by atoms with Gasteiger partial charge in [0.15, 0.2) is 10.9 Å². The summed E-state index contributed by atoms with van der Waals surface area (Å²) in [6, 6.07) is 11.6. The third kappa shape index (κ3) is 3.99. The quantitative estimate of drug-likeness (QED) is 0.624. The van der Waals surface area contributed by atoms with E-state index < -0.39 is 0 Å². The van der Waals surface area contributed by atoms with Crippen molar-refractivity contribution < 1.29 is 9.59 Å². The summed E-state index contributed by atoms with van der Waals surface area (Å²) in [7, 11) is 0. The third-order valence-electron chi connectivity index (χ3n) is 4.97. The summed E-state index contributed by atoms with van der Waals surface area (Å²) in [6.45, 7) is 4.54. The lowest BCUT2D eigenvalue weighted by molar-refractivity contribution is -0.130. The summed E-state index contributed by atoms with van der Waals surface area (Å²) < 4.78 is 1.95. The molecule has 1 amide bonds.